The molecule has 0 radical (unpaired) electrons. The van der Waals surface area contributed by atoms with Crippen molar-refractivity contribution in [3.8, 4) is 0 Å². The lowest BCUT2D eigenvalue weighted by atomic mass is 10.0. The zero-order valence-corrected chi connectivity index (χ0v) is 8.32. The van der Waals surface area contributed by atoms with Crippen LogP contribution in [0.25, 0.3) is 0 Å². The van der Waals surface area contributed by atoms with Crippen molar-refractivity contribution >= 4 is 5.78 Å². The molecule has 0 N–H and O–H groups in total. The van der Waals surface area contributed by atoms with E-state index in [0.717, 1.165) is 5.56 Å². The van der Waals surface area contributed by atoms with Gasteiger partial charge < -0.3 is 0 Å². The van der Waals surface area contributed by atoms with Crippen LogP contribution in [0.2, 0.25) is 0 Å². The molecule has 2 heteroatoms. The van der Waals surface area contributed by atoms with Crippen molar-refractivity contribution in [2.75, 3.05) is 14.1 Å². The van der Waals surface area contributed by atoms with Crippen LogP contribution in [0.15, 0.2) is 30.3 Å². The normalized spacial score (nSPS) is 12.9. The first-order chi connectivity index (χ1) is 6.13. The fourth-order valence-corrected chi connectivity index (χ4v) is 1.53. The smallest absolute Gasteiger partial charge is 0.151 e. The van der Waals surface area contributed by atoms with Gasteiger partial charge in [0.15, 0.2) is 5.78 Å². The Morgan fingerprint density at radius 3 is 2.15 bits per heavy atom. The lowest BCUT2D eigenvalue weighted by molar-refractivity contribution is -0.121. The second-order valence-electron chi connectivity index (χ2n) is 3.39. The highest BCUT2D eigenvalue weighted by atomic mass is 16.1. The van der Waals surface area contributed by atoms with Gasteiger partial charge in [0.25, 0.3) is 0 Å². The van der Waals surface area contributed by atoms with Gasteiger partial charge in [-0.15, -0.1) is 0 Å². The molecule has 0 heterocycles. The molecule has 2 nitrogen and oxygen atoms in total. The van der Waals surface area contributed by atoms with E-state index in [4.69, 9.17) is 0 Å². The van der Waals surface area contributed by atoms with Crippen molar-refractivity contribution in [1.29, 1.82) is 0 Å². The summed E-state index contributed by atoms with van der Waals surface area (Å²) in [5.41, 5.74) is 1.06. The molecule has 0 unspecified atom stereocenters. The topological polar surface area (TPSA) is 20.3 Å². The third kappa shape index (κ3) is 2.39. The Balaban J connectivity index is 2.96. The Kier molecular flexibility index (Phi) is 3.20. The summed E-state index contributed by atoms with van der Waals surface area (Å²) in [5, 5.41) is 0. The van der Waals surface area contributed by atoms with Gasteiger partial charge in [0.05, 0.1) is 6.04 Å². The zero-order valence-electron chi connectivity index (χ0n) is 8.32. The van der Waals surface area contributed by atoms with Gasteiger partial charge >= 0.3 is 0 Å². The second-order valence-corrected chi connectivity index (χ2v) is 3.39. The Bertz CT molecular complexity index is 279. The van der Waals surface area contributed by atoms with Crippen LogP contribution < -0.4 is 0 Å². The fourth-order valence-electron chi connectivity index (χ4n) is 1.53. The van der Waals surface area contributed by atoms with Crippen LogP contribution in [0.4, 0.5) is 0 Å². The van der Waals surface area contributed by atoms with Crippen molar-refractivity contribution in [3.05, 3.63) is 35.9 Å². The van der Waals surface area contributed by atoms with E-state index in [0.29, 0.717) is 0 Å². The van der Waals surface area contributed by atoms with E-state index in [1.165, 1.54) is 0 Å². The van der Waals surface area contributed by atoms with E-state index < -0.39 is 0 Å². The first kappa shape index (κ1) is 9.93. The zero-order chi connectivity index (χ0) is 9.84. The number of hydrogen-bond acceptors (Lipinski definition) is 2. The van der Waals surface area contributed by atoms with Gasteiger partial charge in [-0.3, -0.25) is 9.69 Å². The van der Waals surface area contributed by atoms with Gasteiger partial charge in [-0.2, -0.15) is 0 Å². The number of rotatable bonds is 3. The van der Waals surface area contributed by atoms with Gasteiger partial charge in [0, 0.05) is 0 Å². The van der Waals surface area contributed by atoms with E-state index in [9.17, 15) is 4.79 Å². The maximum atomic E-state index is 11.3. The average molecular weight is 177 g/mol. The Morgan fingerprint density at radius 1 is 1.23 bits per heavy atom. The van der Waals surface area contributed by atoms with E-state index >= 15 is 0 Å². The fraction of sp³-hybridized carbons (Fsp3) is 0.364. The number of ketones is 1. The molecular formula is C11H15NO. The molecule has 70 valence electrons. The molecule has 1 rings (SSSR count). The van der Waals surface area contributed by atoms with E-state index in [1.54, 1.807) is 6.92 Å². The molecule has 0 amide bonds. The summed E-state index contributed by atoms with van der Waals surface area (Å²) in [4.78, 5) is 13.3. The Morgan fingerprint density at radius 2 is 1.77 bits per heavy atom. The summed E-state index contributed by atoms with van der Waals surface area (Å²) >= 11 is 0. The number of carbonyl (C=O) groups is 1. The van der Waals surface area contributed by atoms with Crippen LogP contribution in [0, 0.1) is 0 Å². The highest BCUT2D eigenvalue weighted by Gasteiger charge is 2.17. The lowest BCUT2D eigenvalue weighted by Crippen LogP contribution is -2.25. The molecule has 0 aliphatic heterocycles. The summed E-state index contributed by atoms with van der Waals surface area (Å²) in [5.74, 6) is 0.177. The number of Topliss-reactive ketones (excluding diaryl/α,β-unsaturated/α-hetero) is 1. The summed E-state index contributed by atoms with van der Waals surface area (Å²) in [6.07, 6.45) is 0. The average Bonchev–Trinajstić information content (AvgIpc) is 2.04. The number of likely N-dealkylation sites (N-methyl/N-ethyl adjacent to an activating group) is 1. The van der Waals surface area contributed by atoms with Crippen LogP contribution in [0.3, 0.4) is 0 Å². The third-order valence-corrected chi connectivity index (χ3v) is 2.02. The van der Waals surface area contributed by atoms with Crippen LogP contribution >= 0.6 is 0 Å². The summed E-state index contributed by atoms with van der Waals surface area (Å²) in [7, 11) is 3.83. The number of nitrogens with zero attached hydrogens (tertiary/aromatic N) is 1. The first-order valence-corrected chi connectivity index (χ1v) is 4.34. The minimum atomic E-state index is -0.110. The predicted molar refractivity (Wildman–Crippen MR) is 53.6 cm³/mol. The highest BCUT2D eigenvalue weighted by Crippen LogP contribution is 2.18. The second kappa shape index (κ2) is 4.19. The molecule has 0 bridgehead atoms. The minimum absolute atomic E-state index is 0.110. The summed E-state index contributed by atoms with van der Waals surface area (Å²) in [6.45, 7) is 1.62. The van der Waals surface area contributed by atoms with Crippen molar-refractivity contribution < 1.29 is 4.79 Å². The summed E-state index contributed by atoms with van der Waals surface area (Å²) < 4.78 is 0. The lowest BCUT2D eigenvalue weighted by Gasteiger charge is -2.21. The van der Waals surface area contributed by atoms with Crippen molar-refractivity contribution in [3.63, 3.8) is 0 Å². The monoisotopic (exact) mass is 177 g/mol. The maximum Gasteiger partial charge on any atom is 0.151 e. The largest absolute Gasteiger partial charge is 0.298 e. The molecular weight excluding hydrogens is 162 g/mol. The van der Waals surface area contributed by atoms with E-state index in [-0.39, 0.29) is 11.8 Å². The van der Waals surface area contributed by atoms with Crippen molar-refractivity contribution in [1.82, 2.24) is 4.90 Å². The third-order valence-electron chi connectivity index (χ3n) is 2.02. The van der Waals surface area contributed by atoms with Crippen LogP contribution in [0.1, 0.15) is 18.5 Å². The van der Waals surface area contributed by atoms with Gasteiger partial charge in [-0.05, 0) is 26.6 Å². The number of carbonyl (C=O) groups excluding carboxylic acids is 1. The standard InChI is InChI=1S/C11H15NO/c1-9(13)11(12(2)3)10-7-5-4-6-8-10/h4-8,11H,1-3H3/t11-/m0/s1. The van der Waals surface area contributed by atoms with Gasteiger partial charge in [-0.1, -0.05) is 30.3 Å². The highest BCUT2D eigenvalue weighted by molar-refractivity contribution is 5.82. The van der Waals surface area contributed by atoms with Gasteiger partial charge in [0.1, 0.15) is 0 Å². The first-order valence-electron chi connectivity index (χ1n) is 4.34. The number of hydrogen-bond donors (Lipinski definition) is 0. The van der Waals surface area contributed by atoms with Gasteiger partial charge in [0.2, 0.25) is 0 Å². The van der Waals surface area contributed by atoms with Crippen molar-refractivity contribution in [2.45, 2.75) is 13.0 Å². The quantitative estimate of drug-likeness (QED) is 0.702. The molecule has 1 aromatic rings. The SMILES string of the molecule is CC(=O)[C@@H](c1ccccc1)N(C)C. The van der Waals surface area contributed by atoms with Crippen LogP contribution in [-0.2, 0) is 4.79 Å². The Hall–Kier alpha value is -1.15. The molecule has 0 aliphatic carbocycles. The van der Waals surface area contributed by atoms with Crippen LogP contribution in [-0.4, -0.2) is 24.8 Å². The molecule has 1 aromatic carbocycles. The van der Waals surface area contributed by atoms with Crippen LogP contribution in [0.5, 0.6) is 0 Å². The molecule has 0 aliphatic rings. The molecule has 0 spiro atoms. The Labute approximate surface area is 79.2 Å². The molecule has 13 heavy (non-hydrogen) atoms. The molecule has 0 fully saturated rings. The molecule has 0 saturated carbocycles. The minimum Gasteiger partial charge on any atom is -0.298 e. The van der Waals surface area contributed by atoms with E-state index in [2.05, 4.69) is 0 Å². The predicted octanol–water partition coefficient (Wildman–Crippen LogP) is 1.88. The molecule has 1 atom stereocenters. The number of benzene rings is 1. The maximum absolute atomic E-state index is 11.3. The molecule has 0 aromatic heterocycles. The molecule has 0 saturated heterocycles. The summed E-state index contributed by atoms with van der Waals surface area (Å²) in [6, 6.07) is 9.71. The van der Waals surface area contributed by atoms with E-state index in [1.807, 2.05) is 49.3 Å². The van der Waals surface area contributed by atoms with Gasteiger partial charge in [-0.25, -0.2) is 0 Å². The van der Waals surface area contributed by atoms with Crippen molar-refractivity contribution in [2.24, 2.45) is 0 Å².